The zero-order chi connectivity index (χ0) is 20.8. The highest BCUT2D eigenvalue weighted by Gasteiger charge is 2.18. The first-order valence-corrected chi connectivity index (χ1v) is 8.81. The minimum absolute atomic E-state index is 0.134. The Balaban J connectivity index is 1.87. The first-order chi connectivity index (χ1) is 14.0. The summed E-state index contributed by atoms with van der Waals surface area (Å²) in [5, 5.41) is 2.67. The Morgan fingerprint density at radius 2 is 1.28 bits per heavy atom. The second-order valence-electron chi connectivity index (χ2n) is 6.14. The number of hydrogen-bond acceptors (Lipinski definition) is 5. The van der Waals surface area contributed by atoms with Gasteiger partial charge in [-0.25, -0.2) is 9.59 Å². The molecule has 0 aromatic heterocycles. The molecule has 0 unspecified atom stereocenters. The molecule has 0 spiro atoms. The number of methoxy groups -OCH3 is 2. The number of rotatable bonds is 5. The molecule has 29 heavy (non-hydrogen) atoms. The number of ether oxygens (including phenoxy) is 2. The van der Waals surface area contributed by atoms with E-state index in [4.69, 9.17) is 9.47 Å². The molecular formula is C23H19NO5. The van der Waals surface area contributed by atoms with Crippen LogP contribution in [0.5, 0.6) is 0 Å². The summed E-state index contributed by atoms with van der Waals surface area (Å²) in [6, 6.07) is 21.1. The molecule has 0 heterocycles. The van der Waals surface area contributed by atoms with Crippen LogP contribution < -0.4 is 5.32 Å². The van der Waals surface area contributed by atoms with Gasteiger partial charge < -0.3 is 14.8 Å². The van der Waals surface area contributed by atoms with Gasteiger partial charge in [0, 0.05) is 5.56 Å². The zero-order valence-electron chi connectivity index (χ0n) is 16.0. The molecule has 3 aromatic carbocycles. The number of hydrogen-bond donors (Lipinski definition) is 1. The van der Waals surface area contributed by atoms with Crippen molar-refractivity contribution in [3.63, 3.8) is 0 Å². The Bertz CT molecular complexity index is 1040. The lowest BCUT2D eigenvalue weighted by Gasteiger charge is -2.12. The van der Waals surface area contributed by atoms with Crippen molar-refractivity contribution in [1.82, 2.24) is 0 Å². The predicted molar refractivity (Wildman–Crippen MR) is 109 cm³/mol. The number of anilines is 1. The molecule has 0 aliphatic rings. The van der Waals surface area contributed by atoms with Crippen LogP contribution in [0.2, 0.25) is 0 Å². The van der Waals surface area contributed by atoms with E-state index in [0.717, 1.165) is 11.1 Å². The van der Waals surface area contributed by atoms with Crippen LogP contribution in [0.3, 0.4) is 0 Å². The van der Waals surface area contributed by atoms with E-state index in [1.165, 1.54) is 32.4 Å². The van der Waals surface area contributed by atoms with E-state index < -0.39 is 17.8 Å². The molecule has 0 radical (unpaired) electrons. The van der Waals surface area contributed by atoms with Crippen LogP contribution in [-0.4, -0.2) is 32.1 Å². The monoisotopic (exact) mass is 389 g/mol. The summed E-state index contributed by atoms with van der Waals surface area (Å²) in [5.41, 5.74) is 2.92. The van der Waals surface area contributed by atoms with Gasteiger partial charge in [0.15, 0.2) is 0 Å². The highest BCUT2D eigenvalue weighted by Crippen LogP contribution is 2.22. The van der Waals surface area contributed by atoms with Crippen molar-refractivity contribution in [3.8, 4) is 11.1 Å². The van der Waals surface area contributed by atoms with Crippen molar-refractivity contribution in [2.24, 2.45) is 0 Å². The maximum atomic E-state index is 12.7. The van der Waals surface area contributed by atoms with Gasteiger partial charge in [-0.05, 0) is 41.5 Å². The van der Waals surface area contributed by atoms with Crippen molar-refractivity contribution >= 4 is 23.5 Å². The van der Waals surface area contributed by atoms with Crippen molar-refractivity contribution in [2.75, 3.05) is 19.5 Å². The van der Waals surface area contributed by atoms with Crippen LogP contribution in [0, 0.1) is 0 Å². The number of carbonyl (C=O) groups excluding carboxylic acids is 3. The second-order valence-corrected chi connectivity index (χ2v) is 6.14. The van der Waals surface area contributed by atoms with Gasteiger partial charge in [0.25, 0.3) is 5.91 Å². The van der Waals surface area contributed by atoms with Crippen molar-refractivity contribution in [3.05, 3.63) is 89.5 Å². The quantitative estimate of drug-likeness (QED) is 0.662. The summed E-state index contributed by atoms with van der Waals surface area (Å²) in [7, 11) is 2.49. The molecule has 3 aromatic rings. The molecule has 6 heteroatoms. The summed E-state index contributed by atoms with van der Waals surface area (Å²) >= 11 is 0. The standard InChI is InChI=1S/C23H19NO5/c1-28-22(26)18-12-13-19(23(27)29-2)20(14-18)24-21(25)17-10-8-16(9-11-17)15-6-4-3-5-7-15/h3-14H,1-2H3,(H,24,25). The molecule has 146 valence electrons. The fourth-order valence-corrected chi connectivity index (χ4v) is 2.82. The van der Waals surface area contributed by atoms with Gasteiger partial charge >= 0.3 is 11.9 Å². The molecule has 6 nitrogen and oxygen atoms in total. The van der Waals surface area contributed by atoms with Crippen LogP contribution >= 0.6 is 0 Å². The number of amides is 1. The molecular weight excluding hydrogens is 370 g/mol. The fourth-order valence-electron chi connectivity index (χ4n) is 2.82. The third kappa shape index (κ3) is 4.50. The molecule has 3 rings (SSSR count). The smallest absolute Gasteiger partial charge is 0.339 e. The average molecular weight is 389 g/mol. The lowest BCUT2D eigenvalue weighted by atomic mass is 10.0. The number of benzene rings is 3. The minimum Gasteiger partial charge on any atom is -0.465 e. The molecule has 1 N–H and O–H groups in total. The van der Waals surface area contributed by atoms with Gasteiger partial charge in [-0.15, -0.1) is 0 Å². The van der Waals surface area contributed by atoms with Gasteiger partial charge in [0.05, 0.1) is 31.0 Å². The summed E-state index contributed by atoms with van der Waals surface area (Å²) in [4.78, 5) is 36.5. The van der Waals surface area contributed by atoms with E-state index in [-0.39, 0.29) is 16.8 Å². The molecule has 0 atom stereocenters. The third-order valence-corrected chi connectivity index (χ3v) is 4.35. The lowest BCUT2D eigenvalue weighted by Crippen LogP contribution is -2.16. The molecule has 0 bridgehead atoms. The molecule has 0 saturated heterocycles. The van der Waals surface area contributed by atoms with Crippen molar-refractivity contribution in [1.29, 1.82) is 0 Å². The van der Waals surface area contributed by atoms with Crippen LogP contribution in [0.4, 0.5) is 5.69 Å². The average Bonchev–Trinajstić information content (AvgIpc) is 2.78. The largest absolute Gasteiger partial charge is 0.465 e. The molecule has 1 amide bonds. The van der Waals surface area contributed by atoms with Crippen LogP contribution in [0.1, 0.15) is 31.1 Å². The van der Waals surface area contributed by atoms with Gasteiger partial charge in [0.1, 0.15) is 0 Å². The van der Waals surface area contributed by atoms with Gasteiger partial charge in [0.2, 0.25) is 0 Å². The van der Waals surface area contributed by atoms with Gasteiger partial charge in [-0.2, -0.15) is 0 Å². The highest BCUT2D eigenvalue weighted by atomic mass is 16.5. The highest BCUT2D eigenvalue weighted by molar-refractivity contribution is 6.09. The Hall–Kier alpha value is -3.93. The Morgan fingerprint density at radius 1 is 0.690 bits per heavy atom. The van der Waals surface area contributed by atoms with Crippen LogP contribution in [0.25, 0.3) is 11.1 Å². The van der Waals surface area contributed by atoms with E-state index >= 15 is 0 Å². The lowest BCUT2D eigenvalue weighted by molar-refractivity contribution is 0.0587. The summed E-state index contributed by atoms with van der Waals surface area (Å²) in [6.45, 7) is 0. The van der Waals surface area contributed by atoms with E-state index in [9.17, 15) is 14.4 Å². The number of esters is 2. The normalized spacial score (nSPS) is 10.1. The maximum absolute atomic E-state index is 12.7. The topological polar surface area (TPSA) is 81.7 Å². The van der Waals surface area contributed by atoms with E-state index in [1.54, 1.807) is 12.1 Å². The van der Waals surface area contributed by atoms with E-state index in [1.807, 2.05) is 42.5 Å². The predicted octanol–water partition coefficient (Wildman–Crippen LogP) is 4.18. The molecule has 0 aliphatic heterocycles. The summed E-state index contributed by atoms with van der Waals surface area (Å²) in [6.07, 6.45) is 0. The van der Waals surface area contributed by atoms with E-state index in [2.05, 4.69) is 5.32 Å². The third-order valence-electron chi connectivity index (χ3n) is 4.35. The Morgan fingerprint density at radius 3 is 1.90 bits per heavy atom. The fraction of sp³-hybridized carbons (Fsp3) is 0.0870. The number of nitrogens with one attached hydrogen (secondary N) is 1. The molecule has 0 saturated carbocycles. The van der Waals surface area contributed by atoms with Gasteiger partial charge in [-0.3, -0.25) is 4.79 Å². The maximum Gasteiger partial charge on any atom is 0.339 e. The summed E-state index contributed by atoms with van der Waals surface area (Å²) < 4.78 is 9.44. The first kappa shape index (κ1) is 19.8. The first-order valence-electron chi connectivity index (χ1n) is 8.81. The number of carbonyl (C=O) groups is 3. The summed E-state index contributed by atoms with van der Waals surface area (Å²) in [5.74, 6) is -1.63. The van der Waals surface area contributed by atoms with Crippen molar-refractivity contribution < 1.29 is 23.9 Å². The van der Waals surface area contributed by atoms with Crippen LogP contribution in [0.15, 0.2) is 72.8 Å². The van der Waals surface area contributed by atoms with Gasteiger partial charge in [-0.1, -0.05) is 42.5 Å². The second kappa shape index (κ2) is 8.84. The SMILES string of the molecule is COC(=O)c1ccc(C(=O)OC)c(NC(=O)c2ccc(-c3ccccc3)cc2)c1. The van der Waals surface area contributed by atoms with Crippen LogP contribution in [-0.2, 0) is 9.47 Å². The molecule has 0 aliphatic carbocycles. The van der Waals surface area contributed by atoms with Crippen molar-refractivity contribution in [2.45, 2.75) is 0 Å². The molecule has 0 fully saturated rings. The Kier molecular flexibility index (Phi) is 6.04. The van der Waals surface area contributed by atoms with E-state index in [0.29, 0.717) is 5.56 Å². The Labute approximate surface area is 168 Å². The minimum atomic E-state index is -0.629. The zero-order valence-corrected chi connectivity index (χ0v) is 16.0.